The number of ether oxygens (including phenoxy) is 2. The summed E-state index contributed by atoms with van der Waals surface area (Å²) in [6.45, 7) is 2.13. The van der Waals surface area contributed by atoms with E-state index < -0.39 is 22.5 Å². The van der Waals surface area contributed by atoms with Gasteiger partial charge in [0.2, 0.25) is 0 Å². The minimum Gasteiger partial charge on any atom is -0.373 e. The van der Waals surface area contributed by atoms with Gasteiger partial charge in [-0.25, -0.2) is 0 Å². The first kappa shape index (κ1) is 20.0. The third-order valence-corrected chi connectivity index (χ3v) is 5.68. The van der Waals surface area contributed by atoms with Gasteiger partial charge in [0.05, 0.1) is 30.3 Å². The lowest BCUT2D eigenvalue weighted by molar-refractivity contribution is -0.204. The lowest BCUT2D eigenvalue weighted by Gasteiger charge is -2.32. The molecule has 3 rings (SSSR count). The summed E-state index contributed by atoms with van der Waals surface area (Å²) in [5.74, 6) is 0. The third-order valence-electron chi connectivity index (χ3n) is 4.39. The first-order chi connectivity index (χ1) is 12.9. The van der Waals surface area contributed by atoms with E-state index in [1.54, 1.807) is 12.1 Å². The zero-order chi connectivity index (χ0) is 19.3. The molecule has 3 atom stereocenters. The van der Waals surface area contributed by atoms with Crippen LogP contribution in [0, 0.1) is 6.92 Å². The number of aliphatic hydroxyl groups is 1. The van der Waals surface area contributed by atoms with Crippen molar-refractivity contribution in [1.29, 1.82) is 0 Å². The van der Waals surface area contributed by atoms with E-state index in [-0.39, 0.29) is 17.6 Å². The predicted octanol–water partition coefficient (Wildman–Crippen LogP) is 2.78. The van der Waals surface area contributed by atoms with Crippen molar-refractivity contribution in [3.63, 3.8) is 0 Å². The van der Waals surface area contributed by atoms with E-state index in [1.807, 2.05) is 37.3 Å². The second-order valence-corrected chi connectivity index (χ2v) is 8.27. The van der Waals surface area contributed by atoms with E-state index in [2.05, 4.69) is 0 Å². The van der Waals surface area contributed by atoms with Gasteiger partial charge in [0.1, 0.15) is 0 Å². The van der Waals surface area contributed by atoms with E-state index >= 15 is 0 Å². The maximum atomic E-state index is 12.3. The summed E-state index contributed by atoms with van der Waals surface area (Å²) in [4.78, 5) is 0.0985. The SMILES string of the molecule is Cc1ccc(S(=O)(=O)OC[C@@H]2C[C@@H](OCc3ccccc3)C[C@@H](O)O2)cc1. The van der Waals surface area contributed by atoms with E-state index in [1.165, 1.54) is 12.1 Å². The summed E-state index contributed by atoms with van der Waals surface area (Å²) in [7, 11) is -3.87. The molecule has 27 heavy (non-hydrogen) atoms. The summed E-state index contributed by atoms with van der Waals surface area (Å²) in [5, 5.41) is 9.92. The second-order valence-electron chi connectivity index (χ2n) is 6.65. The number of aliphatic hydroxyl groups excluding tert-OH is 1. The second kappa shape index (κ2) is 8.95. The van der Waals surface area contributed by atoms with Crippen molar-refractivity contribution in [3.8, 4) is 0 Å². The molecule has 0 radical (unpaired) electrons. The summed E-state index contributed by atoms with van der Waals surface area (Å²) in [5.41, 5.74) is 2.00. The zero-order valence-corrected chi connectivity index (χ0v) is 16.0. The molecule has 0 aromatic heterocycles. The normalized spacial score (nSPS) is 23.3. The Kier molecular flexibility index (Phi) is 6.62. The summed E-state index contributed by atoms with van der Waals surface area (Å²) < 4.78 is 41.0. The molecule has 1 fully saturated rings. The average Bonchev–Trinajstić information content (AvgIpc) is 2.66. The van der Waals surface area contributed by atoms with Gasteiger partial charge in [0, 0.05) is 12.8 Å². The maximum absolute atomic E-state index is 12.3. The molecular formula is C20H24O6S. The Morgan fingerprint density at radius 1 is 1.07 bits per heavy atom. The fraction of sp³-hybridized carbons (Fsp3) is 0.400. The van der Waals surface area contributed by atoms with Crippen LogP contribution in [0.25, 0.3) is 0 Å². The Bertz CT molecular complexity index is 819. The molecule has 1 aliphatic heterocycles. The zero-order valence-electron chi connectivity index (χ0n) is 15.2. The highest BCUT2D eigenvalue weighted by Crippen LogP contribution is 2.23. The summed E-state index contributed by atoms with van der Waals surface area (Å²) in [6, 6.07) is 16.2. The number of hydrogen-bond acceptors (Lipinski definition) is 6. The molecule has 7 heteroatoms. The lowest BCUT2D eigenvalue weighted by atomic mass is 10.1. The first-order valence-corrected chi connectivity index (χ1v) is 10.3. The highest BCUT2D eigenvalue weighted by atomic mass is 32.2. The number of benzene rings is 2. The van der Waals surface area contributed by atoms with Crippen molar-refractivity contribution in [2.75, 3.05) is 6.61 Å². The Morgan fingerprint density at radius 3 is 2.48 bits per heavy atom. The molecule has 6 nitrogen and oxygen atoms in total. The molecular weight excluding hydrogens is 368 g/mol. The van der Waals surface area contributed by atoms with Crippen LogP contribution in [0.4, 0.5) is 0 Å². The maximum Gasteiger partial charge on any atom is 0.297 e. The van der Waals surface area contributed by atoms with E-state index in [0.29, 0.717) is 19.4 Å². The van der Waals surface area contributed by atoms with Gasteiger partial charge in [-0.3, -0.25) is 4.18 Å². The molecule has 0 spiro atoms. The molecule has 1 heterocycles. The standard InChI is InChI=1S/C20H24O6S/c1-15-7-9-19(10-8-15)27(22,23)25-14-18-11-17(12-20(21)26-18)24-13-16-5-3-2-4-6-16/h2-10,17-18,20-21H,11-14H2,1H3/t17-,18+,20+/m1/s1. The molecule has 1 saturated heterocycles. The molecule has 0 unspecified atom stereocenters. The molecule has 0 aliphatic carbocycles. The van der Waals surface area contributed by atoms with Crippen molar-refractivity contribution in [2.45, 2.75) is 49.8 Å². The van der Waals surface area contributed by atoms with Crippen LogP contribution in [-0.2, 0) is 30.4 Å². The molecule has 2 aromatic carbocycles. The van der Waals surface area contributed by atoms with Crippen molar-refractivity contribution >= 4 is 10.1 Å². The number of aryl methyl sites for hydroxylation is 1. The van der Waals surface area contributed by atoms with Crippen molar-refractivity contribution < 1.29 is 27.2 Å². The van der Waals surface area contributed by atoms with Crippen molar-refractivity contribution in [3.05, 3.63) is 65.7 Å². The van der Waals surface area contributed by atoms with Gasteiger partial charge in [-0.15, -0.1) is 0 Å². The van der Waals surface area contributed by atoms with Gasteiger partial charge >= 0.3 is 0 Å². The highest BCUT2D eigenvalue weighted by Gasteiger charge is 2.30. The fourth-order valence-electron chi connectivity index (χ4n) is 2.92. The smallest absolute Gasteiger partial charge is 0.297 e. The van der Waals surface area contributed by atoms with Gasteiger partial charge in [0.25, 0.3) is 10.1 Å². The van der Waals surface area contributed by atoms with Crippen LogP contribution in [0.2, 0.25) is 0 Å². The monoisotopic (exact) mass is 392 g/mol. The lowest BCUT2D eigenvalue weighted by Crippen LogP contribution is -2.39. The molecule has 146 valence electrons. The van der Waals surface area contributed by atoms with Crippen molar-refractivity contribution in [2.24, 2.45) is 0 Å². The summed E-state index contributed by atoms with van der Waals surface area (Å²) in [6.07, 6.45) is -1.00. The minimum absolute atomic E-state index is 0.0985. The predicted molar refractivity (Wildman–Crippen MR) is 99.4 cm³/mol. The molecule has 0 saturated carbocycles. The van der Waals surface area contributed by atoms with Crippen LogP contribution in [0.5, 0.6) is 0 Å². The van der Waals surface area contributed by atoms with Gasteiger partial charge in [-0.05, 0) is 24.6 Å². The Hall–Kier alpha value is -1.77. The van der Waals surface area contributed by atoms with Crippen LogP contribution in [0.1, 0.15) is 24.0 Å². The van der Waals surface area contributed by atoms with Crippen LogP contribution >= 0.6 is 0 Å². The molecule has 1 N–H and O–H groups in total. The quantitative estimate of drug-likeness (QED) is 0.730. The fourth-order valence-corrected chi connectivity index (χ4v) is 3.85. The molecule has 0 amide bonds. The molecule has 2 aromatic rings. The van der Waals surface area contributed by atoms with Gasteiger partial charge in [0.15, 0.2) is 6.29 Å². The molecule has 0 bridgehead atoms. The van der Waals surface area contributed by atoms with Crippen LogP contribution in [-0.4, -0.2) is 38.6 Å². The average molecular weight is 392 g/mol. The van der Waals surface area contributed by atoms with Crippen molar-refractivity contribution in [1.82, 2.24) is 0 Å². The number of rotatable bonds is 7. The Balaban J connectivity index is 1.54. The van der Waals surface area contributed by atoms with Gasteiger partial charge < -0.3 is 14.6 Å². The Labute approximate surface area is 159 Å². The summed E-state index contributed by atoms with van der Waals surface area (Å²) >= 11 is 0. The van der Waals surface area contributed by atoms with E-state index in [9.17, 15) is 13.5 Å². The molecule has 1 aliphatic rings. The van der Waals surface area contributed by atoms with Crippen LogP contribution in [0.15, 0.2) is 59.5 Å². The highest BCUT2D eigenvalue weighted by molar-refractivity contribution is 7.86. The van der Waals surface area contributed by atoms with E-state index in [0.717, 1.165) is 11.1 Å². The van der Waals surface area contributed by atoms with Gasteiger partial charge in [-0.1, -0.05) is 48.0 Å². The van der Waals surface area contributed by atoms with Crippen LogP contribution in [0.3, 0.4) is 0 Å². The van der Waals surface area contributed by atoms with Gasteiger partial charge in [-0.2, -0.15) is 8.42 Å². The first-order valence-electron chi connectivity index (χ1n) is 8.87. The third kappa shape index (κ3) is 5.85. The minimum atomic E-state index is -3.87. The topological polar surface area (TPSA) is 82.1 Å². The van der Waals surface area contributed by atoms with Crippen LogP contribution < -0.4 is 0 Å². The Morgan fingerprint density at radius 2 is 1.78 bits per heavy atom. The largest absolute Gasteiger partial charge is 0.373 e. The number of hydrogen-bond donors (Lipinski definition) is 1. The van der Waals surface area contributed by atoms with E-state index in [4.69, 9.17) is 13.7 Å².